The Morgan fingerprint density at radius 2 is 1.70 bits per heavy atom. The number of carbonyl (C=O) groups excluding carboxylic acids is 2. The highest BCUT2D eigenvalue weighted by Gasteiger charge is 2.31. The highest BCUT2D eigenvalue weighted by molar-refractivity contribution is 6.00. The summed E-state index contributed by atoms with van der Waals surface area (Å²) in [6.45, 7) is 1.75. The quantitative estimate of drug-likeness (QED) is 0.387. The number of furan rings is 1. The molecule has 6 heteroatoms. The van der Waals surface area contributed by atoms with Crippen LogP contribution in [-0.2, 0) is 22.6 Å². The molecule has 6 nitrogen and oxygen atoms in total. The molecule has 2 heterocycles. The maximum Gasteiger partial charge on any atom is 0.375 e. The van der Waals surface area contributed by atoms with Crippen LogP contribution < -0.4 is 9.64 Å². The van der Waals surface area contributed by atoms with Gasteiger partial charge in [0, 0.05) is 17.1 Å². The summed E-state index contributed by atoms with van der Waals surface area (Å²) in [5.74, 6) is -0.223. The molecule has 1 aromatic heterocycles. The molecule has 5 rings (SSSR count). The van der Waals surface area contributed by atoms with Crippen molar-refractivity contribution in [3.05, 3.63) is 95.7 Å². The van der Waals surface area contributed by atoms with Crippen molar-refractivity contribution >= 4 is 28.5 Å². The Labute approximate surface area is 191 Å². The van der Waals surface area contributed by atoms with Gasteiger partial charge in [-0.1, -0.05) is 54.6 Å². The summed E-state index contributed by atoms with van der Waals surface area (Å²) in [7, 11) is 0. The second-order valence-corrected chi connectivity index (χ2v) is 8.03. The van der Waals surface area contributed by atoms with Crippen LogP contribution in [0.1, 0.15) is 28.6 Å². The number of hydrogen-bond donors (Lipinski definition) is 0. The normalized spacial score (nSPS) is 14.8. The molecule has 3 aromatic carbocycles. The first-order valence-electron chi connectivity index (χ1n) is 10.9. The topological polar surface area (TPSA) is 69.0 Å². The van der Waals surface area contributed by atoms with Gasteiger partial charge in [-0.05, 0) is 43.2 Å². The fraction of sp³-hybridized carbons (Fsp3) is 0.185. The molecule has 0 radical (unpaired) electrons. The van der Waals surface area contributed by atoms with Crippen molar-refractivity contribution in [2.75, 3.05) is 11.5 Å². The molecule has 33 heavy (non-hydrogen) atoms. The monoisotopic (exact) mass is 441 g/mol. The number of amides is 1. The first-order valence-corrected chi connectivity index (χ1v) is 10.9. The van der Waals surface area contributed by atoms with Crippen LogP contribution in [0.5, 0.6) is 5.75 Å². The van der Waals surface area contributed by atoms with Gasteiger partial charge in [-0.15, -0.1) is 0 Å². The van der Waals surface area contributed by atoms with E-state index in [1.54, 1.807) is 11.0 Å². The van der Waals surface area contributed by atoms with Gasteiger partial charge in [0.15, 0.2) is 6.61 Å². The number of carbonyl (C=O) groups is 2. The molecule has 0 saturated carbocycles. The summed E-state index contributed by atoms with van der Waals surface area (Å²) in [6, 6.07) is 24.5. The van der Waals surface area contributed by atoms with E-state index in [0.717, 1.165) is 23.1 Å². The Balaban J connectivity index is 1.34. The maximum atomic E-state index is 13.0. The van der Waals surface area contributed by atoms with E-state index in [1.807, 2.05) is 79.7 Å². The molecule has 0 bridgehead atoms. The van der Waals surface area contributed by atoms with Gasteiger partial charge in [0.05, 0.1) is 5.56 Å². The third kappa shape index (κ3) is 4.07. The zero-order valence-electron chi connectivity index (χ0n) is 18.2. The second kappa shape index (κ2) is 8.82. The molecule has 1 unspecified atom stereocenters. The van der Waals surface area contributed by atoms with Crippen LogP contribution in [0.2, 0.25) is 0 Å². The highest BCUT2D eigenvalue weighted by atomic mass is 16.5. The van der Waals surface area contributed by atoms with E-state index in [2.05, 4.69) is 0 Å². The summed E-state index contributed by atoms with van der Waals surface area (Å²) in [4.78, 5) is 27.6. The SMILES string of the molecule is CC1Cc2ccccc2N1C(=O)COC(=O)c1oc2ccccc2c1COc1ccccc1. The van der Waals surface area contributed by atoms with Crippen LogP contribution in [-0.4, -0.2) is 24.5 Å². The van der Waals surface area contributed by atoms with Gasteiger partial charge in [0.1, 0.15) is 17.9 Å². The predicted octanol–water partition coefficient (Wildman–Crippen LogP) is 5.15. The fourth-order valence-electron chi connectivity index (χ4n) is 4.29. The maximum absolute atomic E-state index is 13.0. The van der Waals surface area contributed by atoms with Crippen molar-refractivity contribution in [2.24, 2.45) is 0 Å². The minimum Gasteiger partial charge on any atom is -0.489 e. The third-order valence-corrected chi connectivity index (χ3v) is 5.81. The largest absolute Gasteiger partial charge is 0.489 e. The average molecular weight is 441 g/mol. The van der Waals surface area contributed by atoms with Crippen LogP contribution in [0.15, 0.2) is 83.3 Å². The van der Waals surface area contributed by atoms with E-state index in [9.17, 15) is 9.59 Å². The number of rotatable bonds is 6. The van der Waals surface area contributed by atoms with Crippen LogP contribution in [0, 0.1) is 0 Å². The first-order chi connectivity index (χ1) is 16.1. The lowest BCUT2D eigenvalue weighted by atomic mass is 10.1. The molecule has 1 aliphatic heterocycles. The second-order valence-electron chi connectivity index (χ2n) is 8.03. The van der Waals surface area contributed by atoms with Gasteiger partial charge in [0.2, 0.25) is 5.76 Å². The number of para-hydroxylation sites is 3. The lowest BCUT2D eigenvalue weighted by molar-refractivity contribution is -0.122. The van der Waals surface area contributed by atoms with Crippen molar-refractivity contribution in [3.63, 3.8) is 0 Å². The van der Waals surface area contributed by atoms with Crippen molar-refractivity contribution in [3.8, 4) is 5.75 Å². The van der Waals surface area contributed by atoms with Crippen molar-refractivity contribution in [2.45, 2.75) is 26.0 Å². The molecule has 0 saturated heterocycles. The predicted molar refractivity (Wildman–Crippen MR) is 124 cm³/mol. The molecule has 0 spiro atoms. The number of fused-ring (bicyclic) bond motifs is 2. The van der Waals surface area contributed by atoms with Gasteiger partial charge in [-0.2, -0.15) is 0 Å². The summed E-state index contributed by atoms with van der Waals surface area (Å²) >= 11 is 0. The van der Waals surface area contributed by atoms with E-state index in [1.165, 1.54) is 0 Å². The van der Waals surface area contributed by atoms with E-state index < -0.39 is 5.97 Å². The summed E-state index contributed by atoms with van der Waals surface area (Å²) in [5, 5.41) is 0.772. The molecular formula is C27H23NO5. The minimum absolute atomic E-state index is 0.00892. The number of hydrogen-bond acceptors (Lipinski definition) is 5. The minimum atomic E-state index is -0.689. The van der Waals surface area contributed by atoms with Crippen molar-refractivity contribution in [1.82, 2.24) is 0 Å². The first kappa shape index (κ1) is 20.8. The van der Waals surface area contributed by atoms with E-state index in [4.69, 9.17) is 13.9 Å². The lowest BCUT2D eigenvalue weighted by Gasteiger charge is -2.22. The Morgan fingerprint density at radius 1 is 0.970 bits per heavy atom. The number of benzene rings is 3. The molecule has 166 valence electrons. The number of nitrogens with zero attached hydrogens (tertiary/aromatic N) is 1. The fourth-order valence-corrected chi connectivity index (χ4v) is 4.29. The molecule has 0 N–H and O–H groups in total. The van der Waals surface area contributed by atoms with Gasteiger partial charge in [-0.25, -0.2) is 4.79 Å². The molecule has 1 amide bonds. The van der Waals surface area contributed by atoms with Gasteiger partial charge < -0.3 is 18.8 Å². The van der Waals surface area contributed by atoms with Gasteiger partial charge >= 0.3 is 5.97 Å². The van der Waals surface area contributed by atoms with Gasteiger partial charge in [0.25, 0.3) is 5.91 Å². The molecule has 4 aromatic rings. The number of esters is 1. The smallest absolute Gasteiger partial charge is 0.375 e. The highest BCUT2D eigenvalue weighted by Crippen LogP contribution is 2.32. The zero-order valence-corrected chi connectivity index (χ0v) is 18.2. The Hall–Kier alpha value is -4.06. The van der Waals surface area contributed by atoms with E-state index in [-0.39, 0.29) is 30.9 Å². The van der Waals surface area contributed by atoms with E-state index >= 15 is 0 Å². The Bertz CT molecular complexity index is 1310. The van der Waals surface area contributed by atoms with Crippen molar-refractivity contribution in [1.29, 1.82) is 0 Å². The molecular weight excluding hydrogens is 418 g/mol. The van der Waals surface area contributed by atoms with Crippen LogP contribution in [0.25, 0.3) is 11.0 Å². The molecule has 0 aliphatic carbocycles. The Kier molecular flexibility index (Phi) is 5.57. The van der Waals surface area contributed by atoms with Crippen LogP contribution >= 0.6 is 0 Å². The number of anilines is 1. The van der Waals surface area contributed by atoms with Crippen LogP contribution in [0.4, 0.5) is 5.69 Å². The summed E-state index contributed by atoms with van der Waals surface area (Å²) < 4.78 is 17.1. The summed E-state index contributed by atoms with van der Waals surface area (Å²) in [5.41, 5.74) is 3.13. The lowest BCUT2D eigenvalue weighted by Crippen LogP contribution is -2.38. The zero-order chi connectivity index (χ0) is 22.8. The standard InChI is InChI=1S/C27H23NO5/c1-18-15-19-9-5-7-13-23(19)28(18)25(29)17-32-27(30)26-22(16-31-20-10-3-2-4-11-20)21-12-6-8-14-24(21)33-26/h2-14,18H,15-17H2,1H3. The molecule has 1 aliphatic rings. The van der Waals surface area contributed by atoms with E-state index in [0.29, 0.717) is 16.9 Å². The number of ether oxygens (including phenoxy) is 2. The summed E-state index contributed by atoms with van der Waals surface area (Å²) in [6.07, 6.45) is 0.778. The third-order valence-electron chi connectivity index (χ3n) is 5.81. The van der Waals surface area contributed by atoms with Gasteiger partial charge in [-0.3, -0.25) is 4.79 Å². The molecule has 1 atom stereocenters. The van der Waals surface area contributed by atoms with Crippen LogP contribution in [0.3, 0.4) is 0 Å². The average Bonchev–Trinajstić information content (AvgIpc) is 3.38. The van der Waals surface area contributed by atoms with Crippen molar-refractivity contribution < 1.29 is 23.5 Å². The molecule has 0 fully saturated rings. The Morgan fingerprint density at radius 3 is 2.55 bits per heavy atom.